The largest absolute Gasteiger partial charge is 0.444 e. The number of aromatic nitrogens is 3. The fourth-order valence-electron chi connectivity index (χ4n) is 5.29. The van der Waals surface area contributed by atoms with E-state index >= 15 is 4.39 Å². The van der Waals surface area contributed by atoms with Crippen LogP contribution in [0.25, 0.3) is 16.9 Å². The average Bonchev–Trinajstić information content (AvgIpc) is 3.56. The van der Waals surface area contributed by atoms with Crippen LogP contribution in [-0.2, 0) is 20.8 Å². The second-order valence-electron chi connectivity index (χ2n) is 11.0. The number of halogens is 1. The van der Waals surface area contributed by atoms with Gasteiger partial charge in [0.05, 0.1) is 52.5 Å². The Hall–Kier alpha value is -4.05. The molecule has 0 saturated carbocycles. The van der Waals surface area contributed by atoms with Gasteiger partial charge in [-0.25, -0.2) is 13.9 Å². The van der Waals surface area contributed by atoms with Crippen molar-refractivity contribution in [1.82, 2.24) is 19.7 Å². The first-order chi connectivity index (χ1) is 19.5. The molecule has 0 spiro atoms. The minimum atomic E-state index is -1.38. The summed E-state index contributed by atoms with van der Waals surface area (Å²) in [5.41, 5.74) is 0.632. The maximum Gasteiger partial charge on any atom is 0.412 e. The van der Waals surface area contributed by atoms with Crippen LogP contribution in [0.15, 0.2) is 36.5 Å². The molecule has 41 heavy (non-hydrogen) atoms. The van der Waals surface area contributed by atoms with E-state index in [1.54, 1.807) is 51.9 Å². The van der Waals surface area contributed by atoms with E-state index in [2.05, 4.69) is 9.88 Å². The second kappa shape index (κ2) is 11.1. The summed E-state index contributed by atoms with van der Waals surface area (Å²) in [6.07, 6.45) is 0.236. The van der Waals surface area contributed by atoms with Crippen LogP contribution in [0.1, 0.15) is 50.2 Å². The highest BCUT2D eigenvalue weighted by molar-refractivity contribution is 5.74. The van der Waals surface area contributed by atoms with Crippen LogP contribution in [0.4, 0.5) is 15.0 Å². The standard InChI is InChI=1S/C29H33FN6O5/c1-29(2,3)41-28(38)35-15-20-26(27(35)37)21(13-19(32-20)25-17(14-31)7-6-8-18(25)30)36-12-10-24(33-36)34-11-9-22(39-4)23(16-34)40-5/h6-8,10,12-13,22-23,27,37H,9,11,15-16H2,1-5H3/t22-,23+,27?/m1/s1. The molecule has 5 rings (SSSR count). The highest BCUT2D eigenvalue weighted by Crippen LogP contribution is 2.39. The molecule has 216 valence electrons. The van der Waals surface area contributed by atoms with Crippen molar-refractivity contribution in [1.29, 1.82) is 5.26 Å². The van der Waals surface area contributed by atoms with Crippen molar-refractivity contribution in [2.75, 3.05) is 32.2 Å². The predicted octanol–water partition coefficient (Wildman–Crippen LogP) is 3.93. The maximum absolute atomic E-state index is 15.1. The van der Waals surface area contributed by atoms with Crippen molar-refractivity contribution in [3.8, 4) is 23.0 Å². The van der Waals surface area contributed by atoms with Gasteiger partial charge in [-0.05, 0) is 45.4 Å². The number of benzene rings is 1. The first-order valence-corrected chi connectivity index (χ1v) is 13.3. The normalized spacial score (nSPS) is 20.6. The Morgan fingerprint density at radius 3 is 2.63 bits per heavy atom. The third-order valence-corrected chi connectivity index (χ3v) is 7.26. The third-order valence-electron chi connectivity index (χ3n) is 7.26. The zero-order valence-electron chi connectivity index (χ0n) is 23.7. The van der Waals surface area contributed by atoms with Gasteiger partial charge in [-0.15, -0.1) is 0 Å². The molecule has 3 aromatic rings. The van der Waals surface area contributed by atoms with E-state index in [0.717, 1.165) is 11.3 Å². The van der Waals surface area contributed by atoms with Gasteiger partial charge in [-0.1, -0.05) is 6.07 Å². The molecule has 1 N–H and O–H groups in total. The first-order valence-electron chi connectivity index (χ1n) is 13.3. The summed E-state index contributed by atoms with van der Waals surface area (Å²) in [7, 11) is 3.32. The number of carbonyl (C=O) groups is 1. The van der Waals surface area contributed by atoms with Gasteiger partial charge < -0.3 is 24.2 Å². The van der Waals surface area contributed by atoms with E-state index in [1.807, 2.05) is 12.1 Å². The monoisotopic (exact) mass is 564 g/mol. The predicted molar refractivity (Wildman–Crippen MR) is 147 cm³/mol. The summed E-state index contributed by atoms with van der Waals surface area (Å²) < 4.78 is 33.3. The average molecular weight is 565 g/mol. The number of hydrogen-bond acceptors (Lipinski definition) is 9. The van der Waals surface area contributed by atoms with Crippen LogP contribution >= 0.6 is 0 Å². The summed E-state index contributed by atoms with van der Waals surface area (Å²) in [5, 5.41) is 25.8. The minimum absolute atomic E-state index is 0.0200. The summed E-state index contributed by atoms with van der Waals surface area (Å²) in [6, 6.07) is 9.66. The maximum atomic E-state index is 15.1. The van der Waals surface area contributed by atoms with E-state index in [4.69, 9.17) is 19.3 Å². The smallest absolute Gasteiger partial charge is 0.412 e. The lowest BCUT2D eigenvalue weighted by Gasteiger charge is -2.37. The highest BCUT2D eigenvalue weighted by atomic mass is 19.1. The van der Waals surface area contributed by atoms with Gasteiger partial charge in [0, 0.05) is 39.6 Å². The number of fused-ring (bicyclic) bond motifs is 1. The summed E-state index contributed by atoms with van der Waals surface area (Å²) in [6.45, 7) is 6.40. The molecule has 1 aromatic carbocycles. The zero-order valence-corrected chi connectivity index (χ0v) is 23.7. The van der Waals surface area contributed by atoms with Crippen LogP contribution in [0.2, 0.25) is 0 Å². The van der Waals surface area contributed by atoms with E-state index in [9.17, 15) is 15.2 Å². The number of carbonyl (C=O) groups excluding carboxylic acids is 1. The van der Waals surface area contributed by atoms with E-state index in [-0.39, 0.29) is 35.6 Å². The molecule has 2 aromatic heterocycles. The highest BCUT2D eigenvalue weighted by Gasteiger charge is 2.39. The number of rotatable bonds is 5. The van der Waals surface area contributed by atoms with Gasteiger partial charge >= 0.3 is 6.09 Å². The quantitative estimate of drug-likeness (QED) is 0.491. The van der Waals surface area contributed by atoms with Gasteiger partial charge in [0.1, 0.15) is 17.5 Å². The minimum Gasteiger partial charge on any atom is -0.444 e. The van der Waals surface area contributed by atoms with Crippen molar-refractivity contribution in [3.05, 3.63) is 59.2 Å². The second-order valence-corrected chi connectivity index (χ2v) is 11.0. The van der Waals surface area contributed by atoms with E-state index in [1.165, 1.54) is 18.2 Å². The Kier molecular flexibility index (Phi) is 7.70. The SMILES string of the molecule is CO[C@H]1CN(c2ccn(-c3cc(-c4c(F)cccc4C#N)nc4c3C(O)N(C(=O)OC(C)(C)C)C4)n2)CC[C@H]1OC. The van der Waals surface area contributed by atoms with Crippen molar-refractivity contribution in [2.24, 2.45) is 0 Å². The Morgan fingerprint density at radius 2 is 1.95 bits per heavy atom. The number of nitrogens with zero attached hydrogens (tertiary/aromatic N) is 6. The van der Waals surface area contributed by atoms with E-state index < -0.39 is 23.7 Å². The van der Waals surface area contributed by atoms with Gasteiger partial charge in [0.2, 0.25) is 0 Å². The lowest BCUT2D eigenvalue weighted by atomic mass is 10.0. The molecule has 12 heteroatoms. The Bertz CT molecular complexity index is 1500. The van der Waals surface area contributed by atoms with Crippen molar-refractivity contribution >= 4 is 11.9 Å². The van der Waals surface area contributed by atoms with Crippen LogP contribution < -0.4 is 4.90 Å². The lowest BCUT2D eigenvalue weighted by molar-refractivity contribution is -0.0442. The lowest BCUT2D eigenvalue weighted by Crippen LogP contribution is -2.48. The molecule has 3 atom stereocenters. The molecule has 1 amide bonds. The van der Waals surface area contributed by atoms with Crippen LogP contribution in [0.5, 0.6) is 0 Å². The van der Waals surface area contributed by atoms with Crippen molar-refractivity contribution < 1.29 is 28.5 Å². The number of aliphatic hydroxyl groups is 1. The number of nitriles is 1. The van der Waals surface area contributed by atoms with Crippen LogP contribution in [-0.4, -0.2) is 76.0 Å². The van der Waals surface area contributed by atoms with Gasteiger partial charge in [0.25, 0.3) is 0 Å². The topological polar surface area (TPSA) is 126 Å². The number of aliphatic hydroxyl groups excluding tert-OH is 1. The van der Waals surface area contributed by atoms with Crippen molar-refractivity contribution in [2.45, 2.75) is 57.8 Å². The molecule has 1 saturated heterocycles. The molecule has 0 radical (unpaired) electrons. The van der Waals surface area contributed by atoms with Gasteiger partial charge in [-0.3, -0.25) is 9.88 Å². The summed E-state index contributed by atoms with van der Waals surface area (Å²) >= 11 is 0. The molecule has 2 aliphatic rings. The number of ether oxygens (including phenoxy) is 3. The zero-order chi connectivity index (χ0) is 29.5. The molecule has 2 aliphatic heterocycles. The Labute approximate surface area is 237 Å². The number of piperidine rings is 1. The number of anilines is 1. The Balaban J connectivity index is 1.59. The molecule has 4 heterocycles. The number of pyridine rings is 1. The molecule has 0 aliphatic carbocycles. The Morgan fingerprint density at radius 1 is 1.20 bits per heavy atom. The van der Waals surface area contributed by atoms with Crippen LogP contribution in [0.3, 0.4) is 0 Å². The molecular weight excluding hydrogens is 531 g/mol. The molecule has 1 unspecified atom stereocenters. The fourth-order valence-corrected chi connectivity index (χ4v) is 5.29. The number of amides is 1. The summed E-state index contributed by atoms with van der Waals surface area (Å²) in [4.78, 5) is 20.8. The molecular formula is C29H33FN6O5. The number of hydrogen-bond donors (Lipinski definition) is 1. The fraction of sp³-hybridized carbons (Fsp3) is 0.448. The molecule has 11 nitrogen and oxygen atoms in total. The van der Waals surface area contributed by atoms with E-state index in [0.29, 0.717) is 35.9 Å². The summed E-state index contributed by atoms with van der Waals surface area (Å²) in [5.74, 6) is 0.0616. The first kappa shape index (κ1) is 28.5. The van der Waals surface area contributed by atoms with Crippen molar-refractivity contribution in [3.63, 3.8) is 0 Å². The van der Waals surface area contributed by atoms with Gasteiger partial charge in [0.15, 0.2) is 12.0 Å². The molecule has 1 fully saturated rings. The number of methoxy groups -OCH3 is 2. The van der Waals surface area contributed by atoms with Gasteiger partial charge in [-0.2, -0.15) is 10.4 Å². The third kappa shape index (κ3) is 5.48. The van der Waals surface area contributed by atoms with Crippen LogP contribution in [0, 0.1) is 17.1 Å². The molecule has 0 bridgehead atoms.